The maximum absolute atomic E-state index is 12.5. The molecule has 2 aliphatic rings. The van der Waals surface area contributed by atoms with E-state index in [0.29, 0.717) is 13.0 Å². The van der Waals surface area contributed by atoms with Gasteiger partial charge in [-0.25, -0.2) is 0 Å². The predicted molar refractivity (Wildman–Crippen MR) is 120 cm³/mol. The van der Waals surface area contributed by atoms with Crippen LogP contribution in [0.5, 0.6) is 5.75 Å². The highest BCUT2D eigenvalue weighted by Gasteiger charge is 2.57. The quantitative estimate of drug-likeness (QED) is 0.715. The SMILES string of the molecule is COc1ccc2ncc(C=C[C@]34NC(=O)CCN3c3ccccc3C4(C)C)cc2c1. The number of aromatic nitrogens is 1. The summed E-state index contributed by atoms with van der Waals surface area (Å²) in [5.41, 5.74) is 3.44. The molecule has 0 spiro atoms. The third-order valence-electron chi connectivity index (χ3n) is 6.57. The minimum atomic E-state index is -0.616. The van der Waals surface area contributed by atoms with Gasteiger partial charge in [-0.3, -0.25) is 9.78 Å². The zero-order valence-electron chi connectivity index (χ0n) is 17.5. The summed E-state index contributed by atoms with van der Waals surface area (Å²) in [5, 5.41) is 4.34. The molecule has 0 bridgehead atoms. The van der Waals surface area contributed by atoms with Crippen LogP contribution in [0.15, 0.2) is 60.8 Å². The van der Waals surface area contributed by atoms with Crippen molar-refractivity contribution in [3.05, 3.63) is 71.9 Å². The van der Waals surface area contributed by atoms with Gasteiger partial charge >= 0.3 is 0 Å². The third-order valence-corrected chi connectivity index (χ3v) is 6.57. The summed E-state index contributed by atoms with van der Waals surface area (Å²) in [7, 11) is 1.66. The molecule has 5 heteroatoms. The summed E-state index contributed by atoms with van der Waals surface area (Å²) in [6.07, 6.45) is 6.56. The van der Waals surface area contributed by atoms with E-state index in [2.05, 4.69) is 71.5 Å². The zero-order chi connectivity index (χ0) is 20.9. The molecule has 2 aliphatic heterocycles. The number of carbonyl (C=O) groups is 1. The van der Waals surface area contributed by atoms with E-state index in [9.17, 15) is 4.79 Å². The lowest BCUT2D eigenvalue weighted by Crippen LogP contribution is -2.68. The lowest BCUT2D eigenvalue weighted by molar-refractivity contribution is -0.124. The number of anilines is 1. The summed E-state index contributed by atoms with van der Waals surface area (Å²) >= 11 is 0. The van der Waals surface area contributed by atoms with E-state index in [1.165, 1.54) is 11.3 Å². The monoisotopic (exact) mass is 399 g/mol. The number of pyridine rings is 1. The van der Waals surface area contributed by atoms with Crippen LogP contribution in [-0.4, -0.2) is 30.2 Å². The highest BCUT2D eigenvalue weighted by Crippen LogP contribution is 2.52. The van der Waals surface area contributed by atoms with Gasteiger partial charge in [0.25, 0.3) is 0 Å². The lowest BCUT2D eigenvalue weighted by atomic mass is 9.74. The maximum Gasteiger partial charge on any atom is 0.223 e. The first-order chi connectivity index (χ1) is 14.4. The number of hydrogen-bond acceptors (Lipinski definition) is 4. The fourth-order valence-electron chi connectivity index (χ4n) is 4.88. The Morgan fingerprint density at radius 2 is 2.00 bits per heavy atom. The van der Waals surface area contributed by atoms with Gasteiger partial charge in [0.05, 0.1) is 12.6 Å². The van der Waals surface area contributed by atoms with Crippen LogP contribution in [0.3, 0.4) is 0 Å². The van der Waals surface area contributed by atoms with Crippen molar-refractivity contribution >= 4 is 28.6 Å². The molecule has 3 aromatic rings. The number of methoxy groups -OCH3 is 1. The number of fused-ring (bicyclic) bond motifs is 4. The Morgan fingerprint density at radius 3 is 2.83 bits per heavy atom. The highest BCUT2D eigenvalue weighted by molar-refractivity contribution is 5.85. The number of hydrogen-bond donors (Lipinski definition) is 1. The van der Waals surface area contributed by atoms with Crippen LogP contribution in [0, 0.1) is 0 Å². The second-order valence-electron chi connectivity index (χ2n) is 8.52. The van der Waals surface area contributed by atoms with Crippen LogP contribution in [0.25, 0.3) is 17.0 Å². The van der Waals surface area contributed by atoms with Crippen molar-refractivity contribution in [3.63, 3.8) is 0 Å². The van der Waals surface area contributed by atoms with E-state index in [1.54, 1.807) is 7.11 Å². The maximum atomic E-state index is 12.5. The summed E-state index contributed by atoms with van der Waals surface area (Å²) in [5.74, 6) is 0.889. The Balaban J connectivity index is 1.60. The standard InChI is InChI=1S/C25H25N3O2/c1-24(2)20-6-4-5-7-22(20)28-13-11-23(29)27-25(24,28)12-10-17-14-18-15-19(30-3)8-9-21(18)26-16-17/h4-10,12,14-16H,11,13H2,1-3H3,(H,27,29)/t25-/m0/s1. The smallest absolute Gasteiger partial charge is 0.223 e. The van der Waals surface area contributed by atoms with Gasteiger partial charge in [-0.1, -0.05) is 38.1 Å². The average Bonchev–Trinajstić information content (AvgIpc) is 2.95. The fourth-order valence-corrected chi connectivity index (χ4v) is 4.88. The highest BCUT2D eigenvalue weighted by atomic mass is 16.5. The first kappa shape index (κ1) is 18.7. The summed E-state index contributed by atoms with van der Waals surface area (Å²) in [6.45, 7) is 5.10. The van der Waals surface area contributed by atoms with Gasteiger partial charge in [0.2, 0.25) is 5.91 Å². The minimum absolute atomic E-state index is 0.0816. The first-order valence-electron chi connectivity index (χ1n) is 10.3. The van der Waals surface area contributed by atoms with Crippen molar-refractivity contribution in [2.24, 2.45) is 0 Å². The molecular weight excluding hydrogens is 374 g/mol. The van der Waals surface area contributed by atoms with Gasteiger partial charge in [-0.05, 0) is 47.5 Å². The van der Waals surface area contributed by atoms with Crippen LogP contribution in [-0.2, 0) is 10.2 Å². The second kappa shape index (κ2) is 6.59. The van der Waals surface area contributed by atoms with Crippen molar-refractivity contribution in [1.29, 1.82) is 0 Å². The van der Waals surface area contributed by atoms with Crippen molar-refractivity contribution in [2.45, 2.75) is 31.3 Å². The largest absolute Gasteiger partial charge is 0.497 e. The Hall–Kier alpha value is -3.34. The van der Waals surface area contributed by atoms with E-state index >= 15 is 0 Å². The molecule has 0 unspecified atom stereocenters. The number of rotatable bonds is 3. The topological polar surface area (TPSA) is 54.5 Å². The van der Waals surface area contributed by atoms with E-state index in [1.807, 2.05) is 24.4 Å². The number of benzene rings is 2. The Bertz CT molecular complexity index is 1180. The van der Waals surface area contributed by atoms with E-state index in [-0.39, 0.29) is 11.3 Å². The average molecular weight is 399 g/mol. The van der Waals surface area contributed by atoms with Crippen molar-refractivity contribution in [3.8, 4) is 5.75 Å². The van der Waals surface area contributed by atoms with Gasteiger partial charge in [0.15, 0.2) is 0 Å². The zero-order valence-corrected chi connectivity index (χ0v) is 17.5. The molecule has 1 amide bonds. The summed E-state index contributed by atoms with van der Waals surface area (Å²) in [6, 6.07) is 16.4. The normalized spacial score (nSPS) is 22.1. The molecule has 0 radical (unpaired) electrons. The molecule has 1 fully saturated rings. The Morgan fingerprint density at radius 1 is 1.17 bits per heavy atom. The molecule has 1 saturated heterocycles. The Kier molecular flexibility index (Phi) is 4.10. The number of ether oxygens (including phenoxy) is 1. The number of nitrogens with one attached hydrogen (secondary N) is 1. The number of nitrogens with zero attached hydrogens (tertiary/aromatic N) is 2. The molecule has 1 aromatic heterocycles. The molecule has 3 heterocycles. The lowest BCUT2D eigenvalue weighted by Gasteiger charge is -2.49. The molecule has 2 aromatic carbocycles. The van der Waals surface area contributed by atoms with Crippen molar-refractivity contribution in [1.82, 2.24) is 10.3 Å². The predicted octanol–water partition coefficient (Wildman–Crippen LogP) is 4.27. The van der Waals surface area contributed by atoms with Crippen LogP contribution in [0.4, 0.5) is 5.69 Å². The molecular formula is C25H25N3O2. The third kappa shape index (κ3) is 2.61. The second-order valence-corrected chi connectivity index (χ2v) is 8.52. The van der Waals surface area contributed by atoms with E-state index < -0.39 is 5.66 Å². The van der Waals surface area contributed by atoms with E-state index in [0.717, 1.165) is 22.2 Å². The number of para-hydroxylation sites is 1. The van der Waals surface area contributed by atoms with Crippen LogP contribution >= 0.6 is 0 Å². The fraction of sp³-hybridized carbons (Fsp3) is 0.280. The number of amides is 1. The van der Waals surface area contributed by atoms with Crippen LogP contribution in [0.2, 0.25) is 0 Å². The van der Waals surface area contributed by atoms with Gasteiger partial charge in [-0.2, -0.15) is 0 Å². The molecule has 5 nitrogen and oxygen atoms in total. The molecule has 152 valence electrons. The minimum Gasteiger partial charge on any atom is -0.497 e. The molecule has 1 N–H and O–H groups in total. The molecule has 30 heavy (non-hydrogen) atoms. The van der Waals surface area contributed by atoms with Gasteiger partial charge < -0.3 is 15.0 Å². The van der Waals surface area contributed by atoms with Gasteiger partial charge in [0, 0.05) is 35.7 Å². The van der Waals surface area contributed by atoms with Crippen molar-refractivity contribution in [2.75, 3.05) is 18.6 Å². The number of carbonyl (C=O) groups excluding carboxylic acids is 1. The van der Waals surface area contributed by atoms with Crippen LogP contribution < -0.4 is 15.0 Å². The van der Waals surface area contributed by atoms with Gasteiger partial charge in [0.1, 0.15) is 11.4 Å². The Labute approximate surface area is 176 Å². The first-order valence-corrected chi connectivity index (χ1v) is 10.3. The molecule has 5 rings (SSSR count). The van der Waals surface area contributed by atoms with E-state index in [4.69, 9.17) is 4.74 Å². The van der Waals surface area contributed by atoms with Gasteiger partial charge in [-0.15, -0.1) is 0 Å². The van der Waals surface area contributed by atoms with Crippen LogP contribution in [0.1, 0.15) is 31.4 Å². The molecule has 0 aliphatic carbocycles. The molecule has 1 atom stereocenters. The molecule has 0 saturated carbocycles. The van der Waals surface area contributed by atoms with Crippen molar-refractivity contribution < 1.29 is 9.53 Å². The summed E-state index contributed by atoms with van der Waals surface area (Å²) < 4.78 is 5.35. The summed E-state index contributed by atoms with van der Waals surface area (Å²) in [4.78, 5) is 19.4.